The smallest absolute Gasteiger partial charge is 0.188 e. The Kier molecular flexibility index (Phi) is 10.4. The van der Waals surface area contributed by atoms with Crippen LogP contribution in [0.15, 0.2) is 53.1 Å². The van der Waals surface area contributed by atoms with Crippen LogP contribution in [0.1, 0.15) is 69.3 Å². The predicted molar refractivity (Wildman–Crippen MR) is 114 cm³/mol. The Morgan fingerprint density at radius 2 is 1.63 bits per heavy atom. The molecule has 3 nitrogen and oxygen atoms in total. The van der Waals surface area contributed by atoms with Crippen molar-refractivity contribution in [2.45, 2.75) is 59.8 Å². The quantitative estimate of drug-likeness (QED) is 0.394. The summed E-state index contributed by atoms with van der Waals surface area (Å²) in [6.45, 7) is 8.14. The van der Waals surface area contributed by atoms with E-state index in [1.165, 1.54) is 16.7 Å². The lowest BCUT2D eigenvalue weighted by Crippen LogP contribution is -2.05. The molecular formula is C24H34O3. The molecule has 3 heteroatoms. The summed E-state index contributed by atoms with van der Waals surface area (Å²) >= 11 is 0. The van der Waals surface area contributed by atoms with E-state index in [9.17, 15) is 4.79 Å². The fraction of sp³-hybridized carbons (Fsp3) is 0.458. The maximum Gasteiger partial charge on any atom is 0.188 e. The third-order valence-electron chi connectivity index (χ3n) is 4.54. The molecule has 1 aromatic rings. The first-order chi connectivity index (χ1) is 12.9. The number of rotatable bonds is 11. The topological polar surface area (TPSA) is 46.5 Å². The van der Waals surface area contributed by atoms with E-state index in [4.69, 9.17) is 9.84 Å². The second-order valence-electron chi connectivity index (χ2n) is 7.27. The summed E-state index contributed by atoms with van der Waals surface area (Å²) in [5.41, 5.74) is 5.63. The summed E-state index contributed by atoms with van der Waals surface area (Å²) in [4.78, 5) is 11.7. The normalized spacial score (nSPS) is 12.1. The number of aliphatic hydroxyl groups excluding tert-OH is 1. The number of hydrogen-bond donors (Lipinski definition) is 1. The summed E-state index contributed by atoms with van der Waals surface area (Å²) in [5.74, 6) is 0.497. The van der Waals surface area contributed by atoms with Crippen LogP contribution in [0.5, 0.6) is 5.75 Å². The van der Waals surface area contributed by atoms with Crippen LogP contribution in [0.3, 0.4) is 0 Å². The van der Waals surface area contributed by atoms with Gasteiger partial charge in [0.25, 0.3) is 0 Å². The number of ketones is 1. The molecule has 148 valence electrons. The molecule has 0 aliphatic heterocycles. The lowest BCUT2D eigenvalue weighted by atomic mass is 10.0. The molecule has 0 saturated carbocycles. The van der Waals surface area contributed by atoms with Crippen molar-refractivity contribution in [1.82, 2.24) is 0 Å². The lowest BCUT2D eigenvalue weighted by Gasteiger charge is -2.09. The number of ether oxygens (including phenoxy) is 1. The number of benzene rings is 1. The van der Waals surface area contributed by atoms with E-state index in [0.29, 0.717) is 12.0 Å². The fourth-order valence-corrected chi connectivity index (χ4v) is 2.83. The molecular weight excluding hydrogens is 336 g/mol. The number of methoxy groups -OCH3 is 1. The zero-order valence-corrected chi connectivity index (χ0v) is 17.5. The summed E-state index contributed by atoms with van der Waals surface area (Å²) in [6, 6.07) is 5.30. The molecule has 1 N–H and O–H groups in total. The van der Waals surface area contributed by atoms with Crippen molar-refractivity contribution < 1.29 is 14.6 Å². The summed E-state index contributed by atoms with van der Waals surface area (Å²) in [6.07, 6.45) is 11.8. The molecule has 1 rings (SSSR count). The summed E-state index contributed by atoms with van der Waals surface area (Å²) < 4.78 is 5.40. The van der Waals surface area contributed by atoms with E-state index in [1.807, 2.05) is 6.07 Å². The van der Waals surface area contributed by atoms with Gasteiger partial charge in [-0.1, -0.05) is 34.9 Å². The van der Waals surface area contributed by atoms with Gasteiger partial charge in [0.05, 0.1) is 7.11 Å². The Balaban J connectivity index is 2.63. The molecule has 0 aliphatic carbocycles. The fourth-order valence-electron chi connectivity index (χ4n) is 2.83. The second kappa shape index (κ2) is 12.3. The average molecular weight is 371 g/mol. The van der Waals surface area contributed by atoms with Gasteiger partial charge in [0.1, 0.15) is 12.4 Å². The van der Waals surface area contributed by atoms with Crippen LogP contribution < -0.4 is 4.74 Å². The van der Waals surface area contributed by atoms with Crippen LogP contribution in [-0.2, 0) is 6.42 Å². The summed E-state index contributed by atoms with van der Waals surface area (Å²) in [7, 11) is 1.63. The molecule has 0 spiro atoms. The van der Waals surface area contributed by atoms with Crippen molar-refractivity contribution in [3.8, 4) is 5.75 Å². The molecule has 0 atom stereocenters. The number of Topliss-reactive ketones (excluding diaryl/α,β-unsaturated/α-hetero) is 1. The minimum Gasteiger partial charge on any atom is -0.496 e. The molecule has 0 unspecified atom stereocenters. The molecule has 0 amide bonds. The van der Waals surface area contributed by atoms with Crippen molar-refractivity contribution in [2.75, 3.05) is 13.7 Å². The van der Waals surface area contributed by atoms with Crippen molar-refractivity contribution in [2.24, 2.45) is 0 Å². The zero-order chi connectivity index (χ0) is 20.2. The van der Waals surface area contributed by atoms with Crippen molar-refractivity contribution in [1.29, 1.82) is 0 Å². The van der Waals surface area contributed by atoms with E-state index in [1.54, 1.807) is 19.2 Å². The average Bonchev–Trinajstić information content (AvgIpc) is 2.65. The Bertz CT molecular complexity index is 704. The molecule has 1 aromatic carbocycles. The zero-order valence-electron chi connectivity index (χ0n) is 17.5. The number of carbonyl (C=O) groups is 1. The minimum absolute atomic E-state index is 0.270. The highest BCUT2D eigenvalue weighted by Gasteiger charge is 2.08. The van der Waals surface area contributed by atoms with Crippen LogP contribution in [-0.4, -0.2) is 24.6 Å². The standard InChI is InChI=1S/C24H34O3/c1-18(2)8-6-9-19(3)10-7-11-20(4)12-13-22-16-21(23(26)17-25)14-15-24(22)27-5/h8,10,12,14-16,25H,6-7,9,11,13,17H2,1-5H3. The lowest BCUT2D eigenvalue weighted by molar-refractivity contribution is 0.0903. The maximum absolute atomic E-state index is 11.7. The number of carbonyl (C=O) groups excluding carboxylic acids is 1. The number of allylic oxidation sites excluding steroid dienone is 6. The highest BCUT2D eigenvalue weighted by atomic mass is 16.5. The predicted octanol–water partition coefficient (Wildman–Crippen LogP) is 5.83. The van der Waals surface area contributed by atoms with E-state index in [0.717, 1.165) is 37.0 Å². The van der Waals surface area contributed by atoms with Crippen molar-refractivity contribution in [3.05, 3.63) is 64.3 Å². The molecule has 27 heavy (non-hydrogen) atoms. The van der Waals surface area contributed by atoms with Gasteiger partial charge in [0.15, 0.2) is 5.78 Å². The molecule has 0 aromatic heterocycles. The van der Waals surface area contributed by atoms with Gasteiger partial charge in [-0.2, -0.15) is 0 Å². The Morgan fingerprint density at radius 1 is 1.00 bits per heavy atom. The van der Waals surface area contributed by atoms with Crippen LogP contribution in [0.2, 0.25) is 0 Å². The van der Waals surface area contributed by atoms with E-state index in [-0.39, 0.29) is 5.78 Å². The van der Waals surface area contributed by atoms with Crippen molar-refractivity contribution >= 4 is 5.78 Å². The van der Waals surface area contributed by atoms with E-state index < -0.39 is 6.61 Å². The van der Waals surface area contributed by atoms with Gasteiger partial charge in [-0.25, -0.2) is 0 Å². The van der Waals surface area contributed by atoms with E-state index in [2.05, 4.69) is 45.9 Å². The van der Waals surface area contributed by atoms with Crippen LogP contribution in [0.25, 0.3) is 0 Å². The maximum atomic E-state index is 11.7. The SMILES string of the molecule is COc1ccc(C(=O)CO)cc1CC=C(C)CCC=C(C)CCC=C(C)C. The van der Waals surface area contributed by atoms with Gasteiger partial charge in [0.2, 0.25) is 0 Å². The number of hydrogen-bond acceptors (Lipinski definition) is 3. The molecule has 0 fully saturated rings. The third kappa shape index (κ3) is 8.87. The molecule has 0 heterocycles. The first-order valence-electron chi connectivity index (χ1n) is 9.63. The van der Waals surface area contributed by atoms with Crippen LogP contribution in [0.4, 0.5) is 0 Å². The minimum atomic E-state index is -0.472. The third-order valence-corrected chi connectivity index (χ3v) is 4.54. The van der Waals surface area contributed by atoms with Crippen LogP contribution in [0, 0.1) is 0 Å². The molecule has 0 saturated heterocycles. The Morgan fingerprint density at radius 3 is 2.22 bits per heavy atom. The Hall–Kier alpha value is -2.13. The van der Waals surface area contributed by atoms with Gasteiger partial charge in [-0.3, -0.25) is 4.79 Å². The van der Waals surface area contributed by atoms with Gasteiger partial charge in [0, 0.05) is 5.56 Å². The molecule has 0 aliphatic rings. The largest absolute Gasteiger partial charge is 0.496 e. The first-order valence-corrected chi connectivity index (χ1v) is 9.63. The monoisotopic (exact) mass is 370 g/mol. The van der Waals surface area contributed by atoms with Gasteiger partial charge < -0.3 is 9.84 Å². The van der Waals surface area contributed by atoms with E-state index >= 15 is 0 Å². The highest BCUT2D eigenvalue weighted by Crippen LogP contribution is 2.22. The van der Waals surface area contributed by atoms with Crippen LogP contribution >= 0.6 is 0 Å². The molecule has 0 bridgehead atoms. The Labute approximate surface area is 164 Å². The first kappa shape index (κ1) is 22.9. The summed E-state index contributed by atoms with van der Waals surface area (Å²) in [5, 5.41) is 9.05. The number of aliphatic hydroxyl groups is 1. The molecule has 0 radical (unpaired) electrons. The van der Waals surface area contributed by atoms with Gasteiger partial charge >= 0.3 is 0 Å². The van der Waals surface area contributed by atoms with Crippen molar-refractivity contribution in [3.63, 3.8) is 0 Å². The van der Waals surface area contributed by atoms with Gasteiger partial charge in [-0.05, 0) is 83.6 Å². The van der Waals surface area contributed by atoms with Gasteiger partial charge in [-0.15, -0.1) is 0 Å². The second-order valence-corrected chi connectivity index (χ2v) is 7.27. The highest BCUT2D eigenvalue weighted by molar-refractivity contribution is 5.97.